The van der Waals surface area contributed by atoms with Crippen molar-refractivity contribution in [1.29, 1.82) is 0 Å². The van der Waals surface area contributed by atoms with Crippen molar-refractivity contribution in [1.82, 2.24) is 5.32 Å². The minimum absolute atomic E-state index is 0.402. The molecule has 0 aromatic carbocycles. The molecular weight excluding hydrogens is 226 g/mol. The summed E-state index contributed by atoms with van der Waals surface area (Å²) < 4.78 is 0. The molecule has 3 nitrogen and oxygen atoms in total. The zero-order chi connectivity index (χ0) is 13.6. The maximum atomic E-state index is 11.7. The van der Waals surface area contributed by atoms with Crippen molar-refractivity contribution in [3.8, 4) is 0 Å². The van der Waals surface area contributed by atoms with Gasteiger partial charge in [-0.2, -0.15) is 0 Å². The Kier molecular flexibility index (Phi) is 6.13. The molecule has 18 heavy (non-hydrogen) atoms. The summed E-state index contributed by atoms with van der Waals surface area (Å²) in [6, 6.07) is 0.402. The molecule has 1 fully saturated rings. The predicted molar refractivity (Wildman–Crippen MR) is 74.7 cm³/mol. The van der Waals surface area contributed by atoms with Gasteiger partial charge in [0.05, 0.1) is 0 Å². The number of nitrogens with one attached hydrogen (secondary N) is 1. The van der Waals surface area contributed by atoms with Crippen LogP contribution in [0.2, 0.25) is 0 Å². The lowest BCUT2D eigenvalue weighted by Gasteiger charge is -2.37. The van der Waals surface area contributed by atoms with E-state index in [2.05, 4.69) is 19.2 Å². The van der Waals surface area contributed by atoms with Crippen LogP contribution in [0.3, 0.4) is 0 Å². The molecule has 0 amide bonds. The van der Waals surface area contributed by atoms with Crippen LogP contribution in [0.4, 0.5) is 0 Å². The zero-order valence-corrected chi connectivity index (χ0v) is 12.2. The second-order valence-corrected chi connectivity index (χ2v) is 5.94. The van der Waals surface area contributed by atoms with Gasteiger partial charge in [0.1, 0.15) is 5.54 Å². The van der Waals surface area contributed by atoms with E-state index >= 15 is 0 Å². The molecule has 0 radical (unpaired) electrons. The van der Waals surface area contributed by atoms with Crippen LogP contribution < -0.4 is 5.32 Å². The van der Waals surface area contributed by atoms with Gasteiger partial charge in [0, 0.05) is 6.04 Å². The van der Waals surface area contributed by atoms with Gasteiger partial charge < -0.3 is 5.11 Å². The van der Waals surface area contributed by atoms with E-state index in [0.717, 1.165) is 25.7 Å². The maximum Gasteiger partial charge on any atom is 0.323 e. The third-order valence-electron chi connectivity index (χ3n) is 4.49. The molecule has 0 aromatic heterocycles. The number of carboxylic acids is 1. The Bertz CT molecular complexity index is 261. The molecule has 0 saturated heterocycles. The fraction of sp³-hybridized carbons (Fsp3) is 0.933. The highest BCUT2D eigenvalue weighted by Crippen LogP contribution is 2.27. The SMILES string of the molecule is CCC(C)CC(CC)(NC1CCCCC1)C(=O)O. The molecular formula is C15H29NO2. The lowest BCUT2D eigenvalue weighted by Crippen LogP contribution is -2.56. The molecule has 106 valence electrons. The third-order valence-corrected chi connectivity index (χ3v) is 4.49. The molecule has 0 spiro atoms. The first-order valence-corrected chi connectivity index (χ1v) is 7.55. The van der Waals surface area contributed by atoms with Crippen molar-refractivity contribution in [2.75, 3.05) is 0 Å². The number of aliphatic carboxylic acids is 1. The summed E-state index contributed by atoms with van der Waals surface area (Å²) in [4.78, 5) is 11.7. The Morgan fingerprint density at radius 2 is 1.94 bits per heavy atom. The summed E-state index contributed by atoms with van der Waals surface area (Å²) in [5, 5.41) is 13.1. The second-order valence-electron chi connectivity index (χ2n) is 5.94. The van der Waals surface area contributed by atoms with E-state index < -0.39 is 11.5 Å². The lowest BCUT2D eigenvalue weighted by atomic mass is 9.82. The van der Waals surface area contributed by atoms with Crippen molar-refractivity contribution < 1.29 is 9.90 Å². The first kappa shape index (κ1) is 15.5. The fourth-order valence-electron chi connectivity index (χ4n) is 2.98. The molecule has 0 heterocycles. The van der Waals surface area contributed by atoms with Gasteiger partial charge in [-0.1, -0.05) is 46.5 Å². The molecule has 1 aliphatic carbocycles. The quantitative estimate of drug-likeness (QED) is 0.731. The Labute approximate surface area is 111 Å². The van der Waals surface area contributed by atoms with Crippen LogP contribution in [0.15, 0.2) is 0 Å². The summed E-state index contributed by atoms with van der Waals surface area (Å²) in [7, 11) is 0. The fourth-order valence-corrected chi connectivity index (χ4v) is 2.98. The van der Waals surface area contributed by atoms with Gasteiger partial charge in [0.15, 0.2) is 0 Å². The number of hydrogen-bond donors (Lipinski definition) is 2. The summed E-state index contributed by atoms with van der Waals surface area (Å²) in [5.41, 5.74) is -0.711. The van der Waals surface area contributed by atoms with Gasteiger partial charge in [-0.15, -0.1) is 0 Å². The van der Waals surface area contributed by atoms with Crippen LogP contribution in [0.1, 0.15) is 72.1 Å². The average molecular weight is 255 g/mol. The van der Waals surface area contributed by atoms with E-state index in [1.807, 2.05) is 6.92 Å². The highest BCUT2D eigenvalue weighted by molar-refractivity contribution is 5.78. The molecule has 2 atom stereocenters. The van der Waals surface area contributed by atoms with Crippen LogP contribution >= 0.6 is 0 Å². The second kappa shape index (κ2) is 7.13. The monoisotopic (exact) mass is 255 g/mol. The lowest BCUT2D eigenvalue weighted by molar-refractivity contribution is -0.146. The summed E-state index contributed by atoms with van der Waals surface area (Å²) in [6.07, 6.45) is 8.50. The highest BCUT2D eigenvalue weighted by atomic mass is 16.4. The van der Waals surface area contributed by atoms with Crippen molar-refractivity contribution >= 4 is 5.97 Å². The van der Waals surface area contributed by atoms with E-state index in [9.17, 15) is 9.90 Å². The summed E-state index contributed by atoms with van der Waals surface area (Å²) in [5.74, 6) is -0.215. The van der Waals surface area contributed by atoms with E-state index in [1.54, 1.807) is 0 Å². The van der Waals surface area contributed by atoms with Crippen molar-refractivity contribution in [2.45, 2.75) is 83.7 Å². The van der Waals surface area contributed by atoms with Crippen molar-refractivity contribution in [3.05, 3.63) is 0 Å². The molecule has 0 bridgehead atoms. The number of carbonyl (C=O) groups is 1. The Morgan fingerprint density at radius 3 is 2.39 bits per heavy atom. The zero-order valence-electron chi connectivity index (χ0n) is 12.2. The smallest absolute Gasteiger partial charge is 0.323 e. The number of carboxylic acid groups (broad SMARTS) is 1. The largest absolute Gasteiger partial charge is 0.480 e. The van der Waals surface area contributed by atoms with Crippen molar-refractivity contribution in [2.24, 2.45) is 5.92 Å². The maximum absolute atomic E-state index is 11.7. The van der Waals surface area contributed by atoms with Crippen LogP contribution in [-0.4, -0.2) is 22.7 Å². The third kappa shape index (κ3) is 3.98. The molecule has 2 N–H and O–H groups in total. The molecule has 1 aliphatic rings. The topological polar surface area (TPSA) is 49.3 Å². The van der Waals surface area contributed by atoms with Gasteiger partial charge in [0.25, 0.3) is 0 Å². The van der Waals surface area contributed by atoms with E-state index in [4.69, 9.17) is 0 Å². The summed E-state index contributed by atoms with van der Waals surface area (Å²) >= 11 is 0. The molecule has 2 unspecified atom stereocenters. The van der Waals surface area contributed by atoms with Crippen LogP contribution in [0.25, 0.3) is 0 Å². The van der Waals surface area contributed by atoms with Gasteiger partial charge in [-0.3, -0.25) is 10.1 Å². The molecule has 1 rings (SSSR count). The Morgan fingerprint density at radius 1 is 1.33 bits per heavy atom. The predicted octanol–water partition coefficient (Wildman–Crippen LogP) is 3.58. The minimum atomic E-state index is -0.711. The van der Waals surface area contributed by atoms with Crippen LogP contribution in [-0.2, 0) is 4.79 Å². The first-order chi connectivity index (χ1) is 8.54. The van der Waals surface area contributed by atoms with E-state index in [-0.39, 0.29) is 0 Å². The Balaban J connectivity index is 2.71. The molecule has 1 saturated carbocycles. The van der Waals surface area contributed by atoms with Crippen LogP contribution in [0.5, 0.6) is 0 Å². The molecule has 0 aromatic rings. The highest BCUT2D eigenvalue weighted by Gasteiger charge is 2.39. The summed E-state index contributed by atoms with van der Waals surface area (Å²) in [6.45, 7) is 6.27. The number of hydrogen-bond acceptors (Lipinski definition) is 2. The normalized spacial score (nSPS) is 22.4. The van der Waals surface area contributed by atoms with Gasteiger partial charge in [-0.25, -0.2) is 0 Å². The van der Waals surface area contributed by atoms with Crippen LogP contribution in [0, 0.1) is 5.92 Å². The van der Waals surface area contributed by atoms with E-state index in [0.29, 0.717) is 18.4 Å². The van der Waals surface area contributed by atoms with Crippen molar-refractivity contribution in [3.63, 3.8) is 0 Å². The van der Waals surface area contributed by atoms with Gasteiger partial charge in [0.2, 0.25) is 0 Å². The Hall–Kier alpha value is -0.570. The molecule has 3 heteroatoms. The minimum Gasteiger partial charge on any atom is -0.480 e. The molecule has 0 aliphatic heterocycles. The number of rotatable bonds is 7. The van der Waals surface area contributed by atoms with E-state index in [1.165, 1.54) is 19.3 Å². The standard InChI is InChI=1S/C15H29NO2/c1-4-12(3)11-15(5-2,14(17)18)16-13-9-7-6-8-10-13/h12-13,16H,4-11H2,1-3H3,(H,17,18). The first-order valence-electron chi connectivity index (χ1n) is 7.55. The average Bonchev–Trinajstić information content (AvgIpc) is 2.38. The van der Waals surface area contributed by atoms with Gasteiger partial charge in [-0.05, 0) is 31.6 Å². The van der Waals surface area contributed by atoms with Gasteiger partial charge >= 0.3 is 5.97 Å².